The van der Waals surface area contributed by atoms with Gasteiger partial charge >= 0.3 is 0 Å². The average Bonchev–Trinajstić information content (AvgIpc) is 2.45. The van der Waals surface area contributed by atoms with E-state index in [-0.39, 0.29) is 5.41 Å². The molecule has 0 nitrogen and oxygen atoms in total. The van der Waals surface area contributed by atoms with E-state index in [9.17, 15) is 0 Å². The summed E-state index contributed by atoms with van der Waals surface area (Å²) in [6, 6.07) is 17.8. The number of benzene rings is 2. The lowest BCUT2D eigenvalue weighted by Crippen LogP contribution is -2.11. The van der Waals surface area contributed by atoms with E-state index < -0.39 is 0 Å². The molecule has 1 heteroatoms. The highest BCUT2D eigenvalue weighted by molar-refractivity contribution is 9.09. The first kappa shape index (κ1) is 16.3. The second-order valence-electron chi connectivity index (χ2n) is 6.86. The summed E-state index contributed by atoms with van der Waals surface area (Å²) in [5, 5.41) is 0.999. The van der Waals surface area contributed by atoms with Crippen LogP contribution in [-0.2, 0) is 11.8 Å². The summed E-state index contributed by atoms with van der Waals surface area (Å²) in [7, 11) is 0. The van der Waals surface area contributed by atoms with Crippen molar-refractivity contribution in [2.24, 2.45) is 0 Å². The van der Waals surface area contributed by atoms with Crippen LogP contribution in [0.25, 0.3) is 0 Å². The van der Waals surface area contributed by atoms with Crippen molar-refractivity contribution < 1.29 is 0 Å². The van der Waals surface area contributed by atoms with Gasteiger partial charge in [0.1, 0.15) is 0 Å². The summed E-state index contributed by atoms with van der Waals surface area (Å²) in [5.41, 5.74) is 5.87. The van der Waals surface area contributed by atoms with Gasteiger partial charge in [-0.05, 0) is 46.9 Å². The molecule has 0 fully saturated rings. The number of hydrogen-bond acceptors (Lipinski definition) is 0. The predicted molar refractivity (Wildman–Crippen MR) is 96.6 cm³/mol. The van der Waals surface area contributed by atoms with Gasteiger partial charge in [-0.2, -0.15) is 0 Å². The highest BCUT2D eigenvalue weighted by Crippen LogP contribution is 2.27. The maximum absolute atomic E-state index is 3.69. The van der Waals surface area contributed by atoms with Gasteiger partial charge in [-0.15, -0.1) is 0 Å². The van der Waals surface area contributed by atoms with Gasteiger partial charge in [0.25, 0.3) is 0 Å². The lowest BCUT2D eigenvalue weighted by atomic mass is 9.85. The Balaban J connectivity index is 2.18. The smallest absolute Gasteiger partial charge is 0.0103 e. The molecule has 0 radical (unpaired) electrons. The third kappa shape index (κ3) is 4.20. The van der Waals surface area contributed by atoms with E-state index in [0.717, 1.165) is 11.8 Å². The number of halogens is 1. The fourth-order valence-electron chi connectivity index (χ4n) is 2.72. The summed E-state index contributed by atoms with van der Waals surface area (Å²) in [5.74, 6) is 0.534. The zero-order valence-electron chi connectivity index (χ0n) is 13.5. The number of rotatable bonds is 4. The molecule has 0 saturated carbocycles. The van der Waals surface area contributed by atoms with Crippen LogP contribution < -0.4 is 0 Å². The fraction of sp³-hybridized carbons (Fsp3) is 0.400. The second kappa shape index (κ2) is 6.79. The van der Waals surface area contributed by atoms with Crippen molar-refractivity contribution in [3.8, 4) is 0 Å². The molecule has 0 saturated heterocycles. The summed E-state index contributed by atoms with van der Waals surface area (Å²) in [6.45, 7) is 8.98. The zero-order chi connectivity index (χ0) is 15.5. The maximum atomic E-state index is 3.69. The molecule has 112 valence electrons. The Hall–Kier alpha value is -1.08. The molecule has 0 bridgehead atoms. The summed E-state index contributed by atoms with van der Waals surface area (Å²) >= 11 is 3.69. The van der Waals surface area contributed by atoms with Crippen molar-refractivity contribution in [2.45, 2.75) is 45.4 Å². The number of aryl methyl sites for hydroxylation is 1. The highest BCUT2D eigenvalue weighted by Gasteiger charge is 2.15. The minimum atomic E-state index is 0.226. The van der Waals surface area contributed by atoms with Gasteiger partial charge in [0.2, 0.25) is 0 Å². The van der Waals surface area contributed by atoms with Gasteiger partial charge < -0.3 is 0 Å². The quantitative estimate of drug-likeness (QED) is 0.595. The van der Waals surface area contributed by atoms with Crippen molar-refractivity contribution in [3.05, 3.63) is 70.8 Å². The number of alkyl halides is 1. The molecule has 2 aromatic rings. The fourth-order valence-corrected chi connectivity index (χ4v) is 3.30. The van der Waals surface area contributed by atoms with Crippen LogP contribution in [0.3, 0.4) is 0 Å². The van der Waals surface area contributed by atoms with Gasteiger partial charge in [-0.25, -0.2) is 0 Å². The van der Waals surface area contributed by atoms with Crippen LogP contribution in [-0.4, -0.2) is 5.33 Å². The SMILES string of the molecule is Cc1ccccc1C(CBr)Cc1ccc(C(C)(C)C)cc1. The Kier molecular flexibility index (Phi) is 5.27. The van der Waals surface area contributed by atoms with Gasteiger partial charge in [-0.1, -0.05) is 85.2 Å². The highest BCUT2D eigenvalue weighted by atomic mass is 79.9. The zero-order valence-corrected chi connectivity index (χ0v) is 15.1. The van der Waals surface area contributed by atoms with Crippen LogP contribution in [0.5, 0.6) is 0 Å². The minimum absolute atomic E-state index is 0.226. The molecule has 2 rings (SSSR count). The molecule has 0 aliphatic carbocycles. The van der Waals surface area contributed by atoms with E-state index in [1.54, 1.807) is 0 Å². The third-order valence-corrected chi connectivity index (χ3v) is 4.90. The molecular weight excluding hydrogens is 320 g/mol. The van der Waals surface area contributed by atoms with Crippen LogP contribution in [0.15, 0.2) is 48.5 Å². The van der Waals surface area contributed by atoms with Crippen LogP contribution in [0.1, 0.15) is 48.9 Å². The first-order chi connectivity index (χ1) is 9.91. The molecule has 0 heterocycles. The largest absolute Gasteiger partial charge is 0.0921 e. The van der Waals surface area contributed by atoms with Gasteiger partial charge in [0, 0.05) is 5.33 Å². The molecule has 0 spiro atoms. The first-order valence-corrected chi connectivity index (χ1v) is 8.75. The topological polar surface area (TPSA) is 0 Å². The lowest BCUT2D eigenvalue weighted by molar-refractivity contribution is 0.589. The maximum Gasteiger partial charge on any atom is 0.0103 e. The molecule has 1 unspecified atom stereocenters. The third-order valence-electron chi connectivity index (χ3n) is 4.12. The van der Waals surface area contributed by atoms with E-state index >= 15 is 0 Å². The average molecular weight is 345 g/mol. The Morgan fingerprint density at radius 2 is 1.57 bits per heavy atom. The second-order valence-corrected chi connectivity index (χ2v) is 7.51. The molecule has 0 aliphatic rings. The van der Waals surface area contributed by atoms with Crippen LogP contribution in [0, 0.1) is 6.92 Å². The summed E-state index contributed by atoms with van der Waals surface area (Å²) in [4.78, 5) is 0. The molecule has 21 heavy (non-hydrogen) atoms. The Morgan fingerprint density at radius 1 is 0.952 bits per heavy atom. The van der Waals surface area contributed by atoms with Crippen LogP contribution >= 0.6 is 15.9 Å². The van der Waals surface area contributed by atoms with Crippen molar-refractivity contribution in [3.63, 3.8) is 0 Å². The van der Waals surface area contributed by atoms with Crippen LogP contribution in [0.4, 0.5) is 0 Å². The van der Waals surface area contributed by atoms with Crippen molar-refractivity contribution >= 4 is 15.9 Å². The molecule has 0 aliphatic heterocycles. The van der Waals surface area contributed by atoms with Crippen molar-refractivity contribution in [1.82, 2.24) is 0 Å². The van der Waals surface area contributed by atoms with Crippen molar-refractivity contribution in [1.29, 1.82) is 0 Å². The van der Waals surface area contributed by atoms with Gasteiger partial charge in [0.05, 0.1) is 0 Å². The van der Waals surface area contributed by atoms with E-state index in [4.69, 9.17) is 0 Å². The Labute approximate surface area is 137 Å². The minimum Gasteiger partial charge on any atom is -0.0921 e. The van der Waals surface area contributed by atoms with E-state index in [2.05, 4.69) is 92.2 Å². The van der Waals surface area contributed by atoms with E-state index in [1.807, 2.05) is 0 Å². The lowest BCUT2D eigenvalue weighted by Gasteiger charge is -2.20. The summed E-state index contributed by atoms with van der Waals surface area (Å²) in [6.07, 6.45) is 1.08. The first-order valence-electron chi connectivity index (χ1n) is 7.62. The Morgan fingerprint density at radius 3 is 2.10 bits per heavy atom. The Bertz CT molecular complexity index is 576. The molecule has 2 aromatic carbocycles. The van der Waals surface area contributed by atoms with E-state index in [1.165, 1.54) is 22.3 Å². The number of hydrogen-bond donors (Lipinski definition) is 0. The van der Waals surface area contributed by atoms with Gasteiger partial charge in [0.15, 0.2) is 0 Å². The normalized spacial score (nSPS) is 13.2. The molecule has 1 atom stereocenters. The van der Waals surface area contributed by atoms with Crippen LogP contribution in [0.2, 0.25) is 0 Å². The standard InChI is InChI=1S/C20H25Br/c1-15-7-5-6-8-19(15)17(14-21)13-16-9-11-18(12-10-16)20(2,3)4/h5-12,17H,13-14H2,1-4H3. The predicted octanol–water partition coefficient (Wildman–Crippen LogP) is 6.01. The summed E-state index contributed by atoms with van der Waals surface area (Å²) < 4.78 is 0. The molecule has 0 amide bonds. The van der Waals surface area contributed by atoms with Crippen molar-refractivity contribution in [2.75, 3.05) is 5.33 Å². The molecule has 0 N–H and O–H groups in total. The van der Waals surface area contributed by atoms with E-state index in [0.29, 0.717) is 5.92 Å². The van der Waals surface area contributed by atoms with Gasteiger partial charge in [-0.3, -0.25) is 0 Å². The molecular formula is C20H25Br. The monoisotopic (exact) mass is 344 g/mol. The molecule has 0 aromatic heterocycles.